The summed E-state index contributed by atoms with van der Waals surface area (Å²) in [6, 6.07) is 31.0. The van der Waals surface area contributed by atoms with Crippen molar-refractivity contribution in [2.24, 2.45) is 0 Å². The molecule has 6 nitrogen and oxygen atoms in total. The number of nitrogens with zero attached hydrogens (tertiary/aromatic N) is 6. The van der Waals surface area contributed by atoms with E-state index in [0.717, 1.165) is 33.4 Å². The molecular formula is C31H22IrN6-6. The van der Waals surface area contributed by atoms with Crippen LogP contribution in [0.1, 0.15) is 51.5 Å². The zero-order chi connectivity index (χ0) is 24.1. The molecule has 0 N–H and O–H groups in total. The molecule has 10 rings (SSSR count). The molecule has 7 aliphatic rings. The van der Waals surface area contributed by atoms with Crippen LogP contribution < -0.4 is 0 Å². The van der Waals surface area contributed by atoms with E-state index in [1.165, 1.54) is 0 Å². The standard InChI is InChI=1S/C31H22N6.Ir/c1-4-22-16-23(5-1)29-25-7-3-9-27(18-25)30-26-8-2-6-24(17-26)28(22)32-10-13-35(19-32)31(36-14-11-33(29)20-36)37-15-12-34(30)21-37;/h1-15,19-21,28-31H;/q-6;. The molecule has 1 radical (unpaired) electrons. The van der Waals surface area contributed by atoms with Gasteiger partial charge in [-0.15, -0.1) is 33.4 Å². The number of benzene rings is 3. The Hall–Kier alpha value is -3.67. The molecule has 1 aliphatic carbocycles. The summed E-state index contributed by atoms with van der Waals surface area (Å²) in [5.74, 6) is 0. The van der Waals surface area contributed by atoms with Gasteiger partial charge < -0.3 is 29.4 Å². The summed E-state index contributed by atoms with van der Waals surface area (Å²) >= 11 is 0. The Labute approximate surface area is 236 Å². The monoisotopic (exact) mass is 671 g/mol. The maximum Gasteiger partial charge on any atom is 0.100 e. The van der Waals surface area contributed by atoms with Crippen molar-refractivity contribution < 1.29 is 20.1 Å². The van der Waals surface area contributed by atoms with Crippen molar-refractivity contribution in [1.29, 1.82) is 0 Å². The van der Waals surface area contributed by atoms with E-state index in [9.17, 15) is 0 Å². The van der Waals surface area contributed by atoms with E-state index in [-0.39, 0.29) is 44.5 Å². The number of hydrogen-bond donors (Lipinski definition) is 0. The third-order valence-electron chi connectivity index (χ3n) is 8.02. The SMILES string of the molecule is [Ir].[c-]1c2cccc1C1c3[c-]c(ccc3)C3c4[c-]c(ccc4)C2N2C=CN([CH-]2)C(N2C=CN1[CH-]2)N1C=CN3[CH-]1. The summed E-state index contributed by atoms with van der Waals surface area (Å²) in [4.78, 5) is 13.7. The molecule has 7 heteroatoms. The van der Waals surface area contributed by atoms with Crippen molar-refractivity contribution in [2.75, 3.05) is 0 Å². The fourth-order valence-electron chi connectivity index (χ4n) is 6.42. The average molecular weight is 671 g/mol. The summed E-state index contributed by atoms with van der Waals surface area (Å²) in [7, 11) is 0. The fourth-order valence-corrected chi connectivity index (χ4v) is 6.42. The van der Waals surface area contributed by atoms with Gasteiger partial charge in [-0.25, -0.2) is 0 Å². The minimum Gasteiger partial charge on any atom is -0.502 e. The number of rotatable bonds is 0. The molecule has 0 amide bonds. The summed E-state index contributed by atoms with van der Waals surface area (Å²) < 4.78 is 0. The van der Waals surface area contributed by atoms with Gasteiger partial charge in [0.15, 0.2) is 0 Å². The van der Waals surface area contributed by atoms with E-state index < -0.39 is 0 Å². The first kappa shape index (κ1) is 22.3. The van der Waals surface area contributed by atoms with Gasteiger partial charge in [-0.3, -0.25) is 0 Å². The zero-order valence-corrected chi connectivity index (χ0v) is 22.6. The molecule has 3 aromatic carbocycles. The molecule has 191 valence electrons. The van der Waals surface area contributed by atoms with E-state index >= 15 is 0 Å². The van der Waals surface area contributed by atoms with E-state index in [1.54, 1.807) is 0 Å². The third kappa shape index (κ3) is 3.09. The molecule has 0 saturated carbocycles. The Morgan fingerprint density at radius 3 is 0.974 bits per heavy atom. The Kier molecular flexibility index (Phi) is 4.80. The fraction of sp³-hybridized carbons (Fsp3) is 0.129. The average Bonchev–Trinajstić information content (AvgIpc) is 3.68. The topological polar surface area (TPSA) is 19.4 Å². The normalized spacial score (nSPS) is 26.8. The minimum atomic E-state index is -0.101. The largest absolute Gasteiger partial charge is 0.502 e. The Balaban J connectivity index is 0.00000225. The summed E-state index contributed by atoms with van der Waals surface area (Å²) in [5, 5.41) is 0. The summed E-state index contributed by atoms with van der Waals surface area (Å²) in [6.07, 6.45) is 12.9. The van der Waals surface area contributed by atoms with Gasteiger partial charge in [-0.2, -0.15) is 92.8 Å². The van der Waals surface area contributed by atoms with Crippen LogP contribution >= 0.6 is 0 Å². The molecule has 38 heavy (non-hydrogen) atoms. The second kappa shape index (κ2) is 8.16. The molecule has 6 heterocycles. The molecule has 0 saturated heterocycles. The molecule has 0 aromatic heterocycles. The maximum atomic E-state index is 3.84. The first-order valence-electron chi connectivity index (χ1n) is 12.6. The van der Waals surface area contributed by atoms with Crippen molar-refractivity contribution in [3.63, 3.8) is 0 Å². The molecule has 16 bridgehead atoms. The van der Waals surface area contributed by atoms with Gasteiger partial charge in [0.2, 0.25) is 0 Å². The van der Waals surface area contributed by atoms with Crippen LogP contribution in [-0.2, 0) is 20.1 Å². The smallest absolute Gasteiger partial charge is 0.100 e. The van der Waals surface area contributed by atoms with Gasteiger partial charge in [0.1, 0.15) is 6.29 Å². The van der Waals surface area contributed by atoms with Crippen LogP contribution in [0.15, 0.2) is 91.8 Å². The zero-order valence-electron chi connectivity index (χ0n) is 20.2. The van der Waals surface area contributed by atoms with Crippen LogP contribution in [0.3, 0.4) is 0 Å². The van der Waals surface area contributed by atoms with Gasteiger partial charge in [-0.1, -0.05) is 0 Å². The van der Waals surface area contributed by atoms with Crippen LogP contribution in [0.2, 0.25) is 0 Å². The predicted octanol–water partition coefficient (Wildman–Crippen LogP) is 4.60. The molecule has 0 unspecified atom stereocenters. The Bertz CT molecular complexity index is 1280. The Morgan fingerprint density at radius 1 is 0.421 bits per heavy atom. The maximum absolute atomic E-state index is 3.84. The van der Waals surface area contributed by atoms with E-state index in [2.05, 4.69) is 159 Å². The van der Waals surface area contributed by atoms with Crippen LogP contribution in [-0.4, -0.2) is 35.7 Å². The molecule has 0 spiro atoms. The third-order valence-corrected chi connectivity index (χ3v) is 8.02. The van der Waals surface area contributed by atoms with Gasteiger partial charge >= 0.3 is 0 Å². The summed E-state index contributed by atoms with van der Waals surface area (Å²) in [6.45, 7) is 6.60. The summed E-state index contributed by atoms with van der Waals surface area (Å²) in [5.41, 5.74) is 6.72. The van der Waals surface area contributed by atoms with Crippen LogP contribution in [0, 0.1) is 38.2 Å². The van der Waals surface area contributed by atoms with E-state index in [0.29, 0.717) is 0 Å². The van der Waals surface area contributed by atoms with Crippen molar-refractivity contribution in [1.82, 2.24) is 29.4 Å². The molecule has 0 atom stereocenters. The molecular weight excluding hydrogens is 649 g/mol. The molecule has 3 aromatic rings. The van der Waals surface area contributed by atoms with Crippen molar-refractivity contribution in [3.05, 3.63) is 163 Å². The van der Waals surface area contributed by atoms with Gasteiger partial charge in [0.05, 0.1) is 0 Å². The molecule has 6 aliphatic heterocycles. The predicted molar refractivity (Wildman–Crippen MR) is 137 cm³/mol. The van der Waals surface area contributed by atoms with Gasteiger partial charge in [0.25, 0.3) is 0 Å². The van der Waals surface area contributed by atoms with E-state index in [1.807, 2.05) is 0 Å². The van der Waals surface area contributed by atoms with Crippen molar-refractivity contribution in [2.45, 2.75) is 24.4 Å². The van der Waals surface area contributed by atoms with Crippen molar-refractivity contribution >= 4 is 0 Å². The van der Waals surface area contributed by atoms with Gasteiger partial charge in [-0.05, 0) is 37.2 Å². The van der Waals surface area contributed by atoms with Crippen LogP contribution in [0.25, 0.3) is 0 Å². The first-order chi connectivity index (χ1) is 18.3. The second-order valence-electron chi connectivity index (χ2n) is 10.2. The first-order valence-corrected chi connectivity index (χ1v) is 12.6. The Morgan fingerprint density at radius 2 is 0.684 bits per heavy atom. The van der Waals surface area contributed by atoms with Crippen LogP contribution in [0.5, 0.6) is 0 Å². The van der Waals surface area contributed by atoms with Crippen molar-refractivity contribution in [3.8, 4) is 0 Å². The number of hydrogen-bond acceptors (Lipinski definition) is 6. The molecule has 0 fully saturated rings. The van der Waals surface area contributed by atoms with Gasteiger partial charge in [0, 0.05) is 38.2 Å². The van der Waals surface area contributed by atoms with E-state index in [4.69, 9.17) is 0 Å². The second-order valence-corrected chi connectivity index (χ2v) is 10.2. The van der Waals surface area contributed by atoms with Crippen LogP contribution in [0.4, 0.5) is 0 Å². The quantitative estimate of drug-likeness (QED) is 0.324. The minimum absolute atomic E-state index is 0.